The number of benzene rings is 1. The molecule has 0 fully saturated rings. The number of rotatable bonds is 3. The van der Waals surface area contributed by atoms with Crippen LogP contribution in [0, 0.1) is 3.57 Å². The Morgan fingerprint density at radius 3 is 2.62 bits per heavy atom. The van der Waals surface area contributed by atoms with Gasteiger partial charge in [0.25, 0.3) is 0 Å². The van der Waals surface area contributed by atoms with Crippen LogP contribution >= 0.6 is 22.6 Å². The molecule has 16 heavy (non-hydrogen) atoms. The van der Waals surface area contributed by atoms with E-state index in [-0.39, 0.29) is 6.61 Å². The van der Waals surface area contributed by atoms with Crippen molar-refractivity contribution in [3.05, 3.63) is 45.9 Å². The van der Waals surface area contributed by atoms with Crippen LogP contribution in [0.2, 0.25) is 0 Å². The summed E-state index contributed by atoms with van der Waals surface area (Å²) in [4.78, 5) is 8.02. The van der Waals surface area contributed by atoms with E-state index in [1.165, 1.54) is 12.4 Å². The summed E-state index contributed by atoms with van der Waals surface area (Å²) in [6.45, 7) is -0.115. The lowest BCUT2D eigenvalue weighted by molar-refractivity contribution is 0.276. The van der Waals surface area contributed by atoms with Gasteiger partial charge in [-0.2, -0.15) is 0 Å². The van der Waals surface area contributed by atoms with E-state index in [0.29, 0.717) is 11.6 Å². The third kappa shape index (κ3) is 2.67. The Morgan fingerprint density at radius 2 is 2.00 bits per heavy atom. The van der Waals surface area contributed by atoms with Crippen LogP contribution in [0.25, 0.3) is 0 Å². The van der Waals surface area contributed by atoms with E-state index in [1.807, 2.05) is 24.3 Å². The molecule has 0 aliphatic heterocycles. The van der Waals surface area contributed by atoms with Crippen molar-refractivity contribution in [1.82, 2.24) is 9.97 Å². The van der Waals surface area contributed by atoms with Gasteiger partial charge in [0.2, 0.25) is 5.88 Å². The Labute approximate surface area is 106 Å². The Morgan fingerprint density at radius 1 is 1.19 bits per heavy atom. The van der Waals surface area contributed by atoms with E-state index >= 15 is 0 Å². The predicted molar refractivity (Wildman–Crippen MR) is 67.2 cm³/mol. The first kappa shape index (κ1) is 11.3. The zero-order valence-corrected chi connectivity index (χ0v) is 10.5. The van der Waals surface area contributed by atoms with Gasteiger partial charge in [0, 0.05) is 0 Å². The highest BCUT2D eigenvalue weighted by Crippen LogP contribution is 2.24. The first-order valence-corrected chi connectivity index (χ1v) is 5.71. The molecule has 5 heteroatoms. The summed E-state index contributed by atoms with van der Waals surface area (Å²) < 4.78 is 6.55. The fraction of sp³-hybridized carbons (Fsp3) is 0.0909. The lowest BCUT2D eigenvalue weighted by Gasteiger charge is -2.05. The molecule has 1 heterocycles. The van der Waals surface area contributed by atoms with E-state index in [1.54, 1.807) is 0 Å². The summed E-state index contributed by atoms with van der Waals surface area (Å²) in [7, 11) is 0. The fourth-order valence-corrected chi connectivity index (χ4v) is 1.61. The van der Waals surface area contributed by atoms with Gasteiger partial charge in [-0.3, -0.25) is 4.98 Å². The molecule has 1 aromatic carbocycles. The number of halogens is 1. The molecule has 0 saturated heterocycles. The van der Waals surface area contributed by atoms with E-state index in [0.717, 1.165) is 9.32 Å². The van der Waals surface area contributed by atoms with Gasteiger partial charge in [0.15, 0.2) is 0 Å². The van der Waals surface area contributed by atoms with Gasteiger partial charge < -0.3 is 9.84 Å². The quantitative estimate of drug-likeness (QED) is 0.879. The summed E-state index contributed by atoms with van der Waals surface area (Å²) in [5.41, 5.74) is 0.523. The molecule has 82 valence electrons. The molecule has 1 N–H and O–H groups in total. The van der Waals surface area contributed by atoms with Gasteiger partial charge in [-0.25, -0.2) is 4.98 Å². The van der Waals surface area contributed by atoms with Crippen molar-refractivity contribution in [2.75, 3.05) is 0 Å². The number of aromatic nitrogens is 2. The molecule has 0 aliphatic rings. The van der Waals surface area contributed by atoms with Crippen molar-refractivity contribution in [2.45, 2.75) is 6.61 Å². The second-order valence-corrected chi connectivity index (χ2v) is 4.20. The third-order valence-corrected chi connectivity index (χ3v) is 2.79. The third-order valence-electron chi connectivity index (χ3n) is 1.89. The van der Waals surface area contributed by atoms with Gasteiger partial charge in [0.1, 0.15) is 5.75 Å². The van der Waals surface area contributed by atoms with Crippen LogP contribution < -0.4 is 4.74 Å². The Bertz CT molecular complexity index is 474. The van der Waals surface area contributed by atoms with Crippen molar-refractivity contribution >= 4 is 22.6 Å². The van der Waals surface area contributed by atoms with Crippen molar-refractivity contribution in [1.29, 1.82) is 0 Å². The molecule has 1 aromatic heterocycles. The van der Waals surface area contributed by atoms with E-state index in [9.17, 15) is 0 Å². The van der Waals surface area contributed by atoms with Gasteiger partial charge in [-0.05, 0) is 34.7 Å². The van der Waals surface area contributed by atoms with Crippen LogP contribution in [0.15, 0.2) is 36.7 Å². The summed E-state index contributed by atoms with van der Waals surface area (Å²) >= 11 is 2.19. The first-order chi connectivity index (χ1) is 7.79. The molecule has 0 radical (unpaired) electrons. The predicted octanol–water partition coefficient (Wildman–Crippen LogP) is 2.37. The highest BCUT2D eigenvalue weighted by atomic mass is 127. The highest BCUT2D eigenvalue weighted by Gasteiger charge is 2.02. The van der Waals surface area contributed by atoms with Crippen molar-refractivity contribution in [2.24, 2.45) is 0 Å². The standard InChI is InChI=1S/C11H9IN2O2/c12-9-3-1-2-4-10(9)16-11-6-13-8(7-15)5-14-11/h1-6,15H,7H2. The smallest absolute Gasteiger partial charge is 0.237 e. The number of hydrogen-bond donors (Lipinski definition) is 1. The van der Waals surface area contributed by atoms with Crippen LogP contribution in [0.1, 0.15) is 5.69 Å². The molecule has 2 rings (SSSR count). The van der Waals surface area contributed by atoms with Crippen LogP contribution in [0.4, 0.5) is 0 Å². The normalized spacial score (nSPS) is 10.1. The molecule has 0 aliphatic carbocycles. The maximum Gasteiger partial charge on any atom is 0.237 e. The Hall–Kier alpha value is -1.21. The molecule has 4 nitrogen and oxygen atoms in total. The minimum Gasteiger partial charge on any atom is -0.436 e. The fourth-order valence-electron chi connectivity index (χ4n) is 1.12. The number of nitrogens with zero attached hydrogens (tertiary/aromatic N) is 2. The summed E-state index contributed by atoms with van der Waals surface area (Å²) in [6.07, 6.45) is 2.99. The molecule has 0 amide bonds. The van der Waals surface area contributed by atoms with Gasteiger partial charge in [0.05, 0.1) is 28.3 Å². The van der Waals surface area contributed by atoms with E-state index in [4.69, 9.17) is 9.84 Å². The molecule has 0 atom stereocenters. The zero-order valence-electron chi connectivity index (χ0n) is 8.30. The topological polar surface area (TPSA) is 55.2 Å². The SMILES string of the molecule is OCc1cnc(Oc2ccccc2I)cn1. The van der Waals surface area contributed by atoms with Gasteiger partial charge in [-0.15, -0.1) is 0 Å². The highest BCUT2D eigenvalue weighted by molar-refractivity contribution is 14.1. The van der Waals surface area contributed by atoms with Crippen LogP contribution in [0.3, 0.4) is 0 Å². The largest absolute Gasteiger partial charge is 0.436 e. The molecular formula is C11H9IN2O2. The second kappa shape index (κ2) is 5.22. The first-order valence-electron chi connectivity index (χ1n) is 4.64. The van der Waals surface area contributed by atoms with Crippen molar-refractivity contribution in [3.8, 4) is 11.6 Å². The molecule has 0 spiro atoms. The summed E-state index contributed by atoms with van der Waals surface area (Å²) in [6, 6.07) is 7.65. The molecular weight excluding hydrogens is 319 g/mol. The molecule has 2 aromatic rings. The number of ether oxygens (including phenoxy) is 1. The number of para-hydroxylation sites is 1. The average Bonchev–Trinajstić information content (AvgIpc) is 2.33. The monoisotopic (exact) mass is 328 g/mol. The average molecular weight is 328 g/mol. The minimum atomic E-state index is -0.115. The van der Waals surface area contributed by atoms with Crippen LogP contribution in [-0.4, -0.2) is 15.1 Å². The summed E-state index contributed by atoms with van der Waals surface area (Å²) in [5, 5.41) is 8.82. The second-order valence-electron chi connectivity index (χ2n) is 3.04. The molecule has 0 saturated carbocycles. The zero-order chi connectivity index (χ0) is 11.4. The molecule has 0 bridgehead atoms. The number of aliphatic hydroxyl groups is 1. The Balaban J connectivity index is 2.18. The van der Waals surface area contributed by atoms with E-state index in [2.05, 4.69) is 32.6 Å². The maximum atomic E-state index is 8.82. The lowest BCUT2D eigenvalue weighted by Crippen LogP contribution is -1.94. The van der Waals surface area contributed by atoms with Gasteiger partial charge >= 0.3 is 0 Å². The minimum absolute atomic E-state index is 0.115. The van der Waals surface area contributed by atoms with E-state index < -0.39 is 0 Å². The Kier molecular flexibility index (Phi) is 3.68. The molecule has 0 unspecified atom stereocenters. The number of aliphatic hydroxyl groups excluding tert-OH is 1. The summed E-state index contributed by atoms with van der Waals surface area (Å²) in [5.74, 6) is 1.16. The maximum absolute atomic E-state index is 8.82. The van der Waals surface area contributed by atoms with Crippen molar-refractivity contribution < 1.29 is 9.84 Å². The van der Waals surface area contributed by atoms with Crippen LogP contribution in [-0.2, 0) is 6.61 Å². The van der Waals surface area contributed by atoms with Crippen LogP contribution in [0.5, 0.6) is 11.6 Å². The lowest BCUT2D eigenvalue weighted by atomic mass is 10.3. The van der Waals surface area contributed by atoms with Gasteiger partial charge in [-0.1, -0.05) is 12.1 Å². The number of hydrogen-bond acceptors (Lipinski definition) is 4. The van der Waals surface area contributed by atoms with Crippen molar-refractivity contribution in [3.63, 3.8) is 0 Å².